The molecule has 3 unspecified atom stereocenters. The fourth-order valence-corrected chi connectivity index (χ4v) is 2.02. The van der Waals surface area contributed by atoms with Gasteiger partial charge in [-0.05, 0) is 31.7 Å². The molecule has 1 saturated heterocycles. The largest absolute Gasteiger partial charge is 0.378 e. The molecule has 0 aromatic carbocycles. The summed E-state index contributed by atoms with van der Waals surface area (Å²) in [6.45, 7) is 8.86. The molecule has 0 aromatic heterocycles. The smallest absolute Gasteiger partial charge is 0.0615 e. The van der Waals surface area contributed by atoms with E-state index in [1.807, 2.05) is 0 Å². The molecular formula is C12H25NO. The minimum Gasteiger partial charge on any atom is -0.378 e. The minimum atomic E-state index is 0.489. The van der Waals surface area contributed by atoms with Gasteiger partial charge in [-0.1, -0.05) is 27.2 Å². The standard InChI is InChI=1S/C12H25NO/c1-4-7-13-11-6-8-14-12(9-11)10(3)5-2/h10-13H,4-9H2,1-3H3. The van der Waals surface area contributed by atoms with Gasteiger partial charge in [-0.2, -0.15) is 0 Å². The van der Waals surface area contributed by atoms with E-state index in [0.717, 1.165) is 13.2 Å². The topological polar surface area (TPSA) is 21.3 Å². The zero-order valence-corrected chi connectivity index (χ0v) is 9.88. The molecule has 0 amide bonds. The van der Waals surface area contributed by atoms with Crippen LogP contribution >= 0.6 is 0 Å². The van der Waals surface area contributed by atoms with Crippen LogP contribution in [-0.4, -0.2) is 25.3 Å². The van der Waals surface area contributed by atoms with Crippen LogP contribution in [0.25, 0.3) is 0 Å². The highest BCUT2D eigenvalue weighted by molar-refractivity contribution is 4.79. The lowest BCUT2D eigenvalue weighted by molar-refractivity contribution is -0.0292. The van der Waals surface area contributed by atoms with Crippen molar-refractivity contribution in [1.29, 1.82) is 0 Å². The molecule has 2 nitrogen and oxygen atoms in total. The summed E-state index contributed by atoms with van der Waals surface area (Å²) in [5.74, 6) is 0.709. The zero-order valence-electron chi connectivity index (χ0n) is 9.88. The lowest BCUT2D eigenvalue weighted by Gasteiger charge is -2.33. The van der Waals surface area contributed by atoms with Crippen molar-refractivity contribution in [3.63, 3.8) is 0 Å². The van der Waals surface area contributed by atoms with Crippen LogP contribution in [-0.2, 0) is 4.74 Å². The van der Waals surface area contributed by atoms with Gasteiger partial charge in [-0.25, -0.2) is 0 Å². The van der Waals surface area contributed by atoms with E-state index in [-0.39, 0.29) is 0 Å². The normalized spacial score (nSPS) is 30.2. The van der Waals surface area contributed by atoms with Gasteiger partial charge in [0.2, 0.25) is 0 Å². The first kappa shape index (κ1) is 12.0. The van der Waals surface area contributed by atoms with Crippen LogP contribution in [0.4, 0.5) is 0 Å². The SMILES string of the molecule is CCCNC1CCOC(C(C)CC)C1. The minimum absolute atomic E-state index is 0.489. The Hall–Kier alpha value is -0.0800. The van der Waals surface area contributed by atoms with Gasteiger partial charge in [0.05, 0.1) is 6.10 Å². The number of hydrogen-bond acceptors (Lipinski definition) is 2. The van der Waals surface area contributed by atoms with E-state index < -0.39 is 0 Å². The highest BCUT2D eigenvalue weighted by Crippen LogP contribution is 2.22. The first-order valence-electron chi connectivity index (χ1n) is 6.12. The molecule has 1 aliphatic heterocycles. The van der Waals surface area contributed by atoms with Crippen molar-refractivity contribution in [2.45, 2.75) is 58.6 Å². The molecule has 0 radical (unpaired) electrons. The van der Waals surface area contributed by atoms with Crippen LogP contribution in [0, 0.1) is 5.92 Å². The first-order valence-corrected chi connectivity index (χ1v) is 6.12. The van der Waals surface area contributed by atoms with Crippen LogP contribution in [0.3, 0.4) is 0 Å². The van der Waals surface area contributed by atoms with Crippen molar-refractivity contribution >= 4 is 0 Å². The number of rotatable bonds is 5. The molecule has 0 aromatic rings. The maximum absolute atomic E-state index is 5.80. The number of nitrogens with one attached hydrogen (secondary N) is 1. The van der Waals surface area contributed by atoms with Crippen LogP contribution in [0.1, 0.15) is 46.5 Å². The molecule has 14 heavy (non-hydrogen) atoms. The van der Waals surface area contributed by atoms with Crippen LogP contribution in [0.15, 0.2) is 0 Å². The molecule has 0 saturated carbocycles. The highest BCUT2D eigenvalue weighted by Gasteiger charge is 2.25. The average Bonchev–Trinajstić information content (AvgIpc) is 2.25. The lowest BCUT2D eigenvalue weighted by Crippen LogP contribution is -2.41. The third kappa shape index (κ3) is 3.58. The van der Waals surface area contributed by atoms with Crippen molar-refractivity contribution in [2.75, 3.05) is 13.2 Å². The van der Waals surface area contributed by atoms with E-state index in [9.17, 15) is 0 Å². The third-order valence-electron chi connectivity index (χ3n) is 3.28. The molecule has 1 heterocycles. The lowest BCUT2D eigenvalue weighted by atomic mass is 9.92. The first-order chi connectivity index (χ1) is 6.77. The molecular weight excluding hydrogens is 174 g/mol. The molecule has 3 atom stereocenters. The Morgan fingerprint density at radius 3 is 2.86 bits per heavy atom. The molecule has 1 aliphatic rings. The molecule has 0 aliphatic carbocycles. The number of ether oxygens (including phenoxy) is 1. The van der Waals surface area contributed by atoms with Gasteiger partial charge in [-0.3, -0.25) is 0 Å². The Bertz CT molecular complexity index is 149. The van der Waals surface area contributed by atoms with Gasteiger partial charge >= 0.3 is 0 Å². The summed E-state index contributed by atoms with van der Waals surface area (Å²) >= 11 is 0. The van der Waals surface area contributed by atoms with E-state index in [4.69, 9.17) is 4.74 Å². The van der Waals surface area contributed by atoms with Gasteiger partial charge in [0.25, 0.3) is 0 Å². The van der Waals surface area contributed by atoms with Gasteiger partial charge in [-0.15, -0.1) is 0 Å². The Balaban J connectivity index is 2.28. The Morgan fingerprint density at radius 1 is 1.43 bits per heavy atom. The summed E-state index contributed by atoms with van der Waals surface area (Å²) in [6, 6.07) is 0.697. The van der Waals surface area contributed by atoms with Crippen LogP contribution in [0.2, 0.25) is 0 Å². The molecule has 84 valence electrons. The molecule has 2 heteroatoms. The Kier molecular flexibility index (Phi) is 5.49. The van der Waals surface area contributed by atoms with E-state index in [2.05, 4.69) is 26.1 Å². The predicted octanol–water partition coefficient (Wildman–Crippen LogP) is 2.58. The molecule has 1 fully saturated rings. The summed E-state index contributed by atoms with van der Waals surface area (Å²) < 4.78 is 5.80. The number of hydrogen-bond donors (Lipinski definition) is 1. The molecule has 1 rings (SSSR count). The summed E-state index contributed by atoms with van der Waals surface area (Å²) in [4.78, 5) is 0. The average molecular weight is 199 g/mol. The second-order valence-corrected chi connectivity index (χ2v) is 4.47. The van der Waals surface area contributed by atoms with Crippen molar-refractivity contribution in [2.24, 2.45) is 5.92 Å². The summed E-state index contributed by atoms with van der Waals surface area (Å²) in [5.41, 5.74) is 0. The van der Waals surface area contributed by atoms with Crippen molar-refractivity contribution < 1.29 is 4.74 Å². The fourth-order valence-electron chi connectivity index (χ4n) is 2.02. The summed E-state index contributed by atoms with van der Waals surface area (Å²) in [6.07, 6.45) is 5.33. The fraction of sp³-hybridized carbons (Fsp3) is 1.00. The monoisotopic (exact) mass is 199 g/mol. The Morgan fingerprint density at radius 2 is 2.21 bits per heavy atom. The molecule has 0 bridgehead atoms. The zero-order chi connectivity index (χ0) is 10.4. The third-order valence-corrected chi connectivity index (χ3v) is 3.28. The highest BCUT2D eigenvalue weighted by atomic mass is 16.5. The van der Waals surface area contributed by atoms with E-state index in [1.165, 1.54) is 25.7 Å². The van der Waals surface area contributed by atoms with E-state index in [0.29, 0.717) is 18.1 Å². The van der Waals surface area contributed by atoms with Gasteiger partial charge in [0.1, 0.15) is 0 Å². The van der Waals surface area contributed by atoms with Crippen LogP contribution in [0.5, 0.6) is 0 Å². The van der Waals surface area contributed by atoms with E-state index in [1.54, 1.807) is 0 Å². The van der Waals surface area contributed by atoms with E-state index >= 15 is 0 Å². The predicted molar refractivity (Wildman–Crippen MR) is 60.5 cm³/mol. The van der Waals surface area contributed by atoms with Crippen LogP contribution < -0.4 is 5.32 Å². The molecule has 1 N–H and O–H groups in total. The Labute approximate surface area is 88.4 Å². The van der Waals surface area contributed by atoms with Gasteiger partial charge in [0, 0.05) is 12.6 Å². The van der Waals surface area contributed by atoms with Gasteiger partial charge < -0.3 is 10.1 Å². The summed E-state index contributed by atoms with van der Waals surface area (Å²) in [5, 5.41) is 3.60. The molecule has 0 spiro atoms. The summed E-state index contributed by atoms with van der Waals surface area (Å²) in [7, 11) is 0. The van der Waals surface area contributed by atoms with Crippen molar-refractivity contribution in [3.8, 4) is 0 Å². The second kappa shape index (κ2) is 6.41. The van der Waals surface area contributed by atoms with Crippen molar-refractivity contribution in [3.05, 3.63) is 0 Å². The quantitative estimate of drug-likeness (QED) is 0.735. The van der Waals surface area contributed by atoms with Crippen molar-refractivity contribution in [1.82, 2.24) is 5.32 Å². The maximum atomic E-state index is 5.80. The second-order valence-electron chi connectivity index (χ2n) is 4.47. The maximum Gasteiger partial charge on any atom is 0.0615 e. The van der Waals surface area contributed by atoms with Gasteiger partial charge in [0.15, 0.2) is 0 Å².